The van der Waals surface area contributed by atoms with Crippen LogP contribution in [-0.2, 0) is 0 Å². The molecule has 5 heteroatoms. The lowest BCUT2D eigenvalue weighted by molar-refractivity contribution is 0.764. The van der Waals surface area contributed by atoms with Crippen LogP contribution in [0.2, 0.25) is 5.02 Å². The first-order chi connectivity index (χ1) is 11.1. The highest BCUT2D eigenvalue weighted by atomic mass is 35.5. The summed E-state index contributed by atoms with van der Waals surface area (Å²) in [7, 11) is 0. The summed E-state index contributed by atoms with van der Waals surface area (Å²) >= 11 is 16.5. The van der Waals surface area contributed by atoms with E-state index in [4.69, 9.17) is 28.8 Å². The molecule has 1 aliphatic heterocycles. The van der Waals surface area contributed by atoms with Gasteiger partial charge in [0.15, 0.2) is 0 Å². The predicted molar refractivity (Wildman–Crippen MR) is 107 cm³/mol. The number of hydrogen-bond acceptors (Lipinski definition) is 3. The molecular formula is C18H17ClN2S2. The number of fused-ring (bicyclic) bond motifs is 1. The number of hydrogen-bond donors (Lipinski definition) is 2. The first-order valence-corrected chi connectivity index (χ1v) is 8.82. The van der Waals surface area contributed by atoms with Gasteiger partial charge in [-0.1, -0.05) is 61.1 Å². The number of anilines is 1. The fraction of sp³-hybridized carbons (Fsp3) is 0.222. The predicted octanol–water partition coefficient (Wildman–Crippen LogP) is 5.01. The average molecular weight is 361 g/mol. The lowest BCUT2D eigenvalue weighted by Gasteiger charge is -2.18. The molecule has 0 aromatic heterocycles. The third kappa shape index (κ3) is 3.44. The van der Waals surface area contributed by atoms with E-state index < -0.39 is 0 Å². The second-order valence-electron chi connectivity index (χ2n) is 5.44. The summed E-state index contributed by atoms with van der Waals surface area (Å²) in [5.41, 5.74) is 3.84. The molecule has 1 aliphatic rings. The Kier molecular flexibility index (Phi) is 5.05. The van der Waals surface area contributed by atoms with Crippen molar-refractivity contribution in [2.75, 3.05) is 5.32 Å². The van der Waals surface area contributed by atoms with E-state index in [1.165, 1.54) is 0 Å². The van der Waals surface area contributed by atoms with Gasteiger partial charge in [-0.15, -0.1) is 0 Å². The van der Waals surface area contributed by atoms with Crippen LogP contribution in [0.4, 0.5) is 5.69 Å². The highest BCUT2D eigenvalue weighted by Crippen LogP contribution is 2.29. The van der Waals surface area contributed by atoms with Crippen LogP contribution in [0, 0.1) is 0 Å². The third-order valence-electron chi connectivity index (χ3n) is 3.86. The molecule has 2 atom stereocenters. The van der Waals surface area contributed by atoms with Crippen LogP contribution in [0.15, 0.2) is 53.5 Å². The van der Waals surface area contributed by atoms with Crippen LogP contribution >= 0.6 is 36.4 Å². The minimum absolute atomic E-state index is 0.0681. The molecule has 118 valence electrons. The summed E-state index contributed by atoms with van der Waals surface area (Å²) < 4.78 is 0. The maximum Gasteiger partial charge on any atom is 0.113 e. The Hall–Kier alpha value is -1.36. The van der Waals surface area contributed by atoms with Crippen molar-refractivity contribution in [3.8, 4) is 0 Å². The number of halogens is 1. The monoisotopic (exact) mass is 360 g/mol. The number of nitrogens with zero attached hydrogens (tertiary/aromatic N) is 1. The van der Waals surface area contributed by atoms with Gasteiger partial charge in [0.05, 0.1) is 5.71 Å². The summed E-state index contributed by atoms with van der Waals surface area (Å²) in [5.74, 6) is 0. The van der Waals surface area contributed by atoms with E-state index in [0.717, 1.165) is 28.9 Å². The number of benzene rings is 2. The summed E-state index contributed by atoms with van der Waals surface area (Å²) in [4.78, 5) is 5.65. The lowest BCUT2D eigenvalue weighted by Crippen LogP contribution is -2.31. The second kappa shape index (κ2) is 7.04. The summed E-state index contributed by atoms with van der Waals surface area (Å²) in [6.45, 7) is 2.09. The quantitative estimate of drug-likeness (QED) is 0.594. The van der Waals surface area contributed by atoms with E-state index >= 15 is 0 Å². The highest BCUT2D eigenvalue weighted by molar-refractivity contribution is 7.82. The third-order valence-corrected chi connectivity index (χ3v) is 5.09. The average Bonchev–Trinajstić information content (AvgIpc) is 2.71. The zero-order chi connectivity index (χ0) is 16.4. The van der Waals surface area contributed by atoms with Crippen LogP contribution in [0.5, 0.6) is 0 Å². The Labute approximate surface area is 152 Å². The Morgan fingerprint density at radius 3 is 2.70 bits per heavy atom. The lowest BCUT2D eigenvalue weighted by atomic mass is 10.0. The van der Waals surface area contributed by atoms with E-state index in [1.54, 1.807) is 0 Å². The number of thiocarbonyl (C=S) groups is 1. The van der Waals surface area contributed by atoms with Gasteiger partial charge in [0, 0.05) is 27.1 Å². The van der Waals surface area contributed by atoms with Gasteiger partial charge in [-0.05, 0) is 24.6 Å². The molecule has 1 unspecified atom stereocenters. The molecule has 0 saturated heterocycles. The fourth-order valence-corrected chi connectivity index (χ4v) is 3.42. The van der Waals surface area contributed by atoms with Crippen molar-refractivity contribution in [1.82, 2.24) is 0 Å². The standard InChI is InChI=1S/C18H17ClN2S2/c1-2-15(22)17-18(23)20-14-9-8-12(19)10-13(14)16(21-17)11-6-4-3-5-7-11/h3-10,15,17,22H,2H2,1H3,(H,20,23)/t15?,17-/m1/s1. The molecule has 0 radical (unpaired) electrons. The minimum Gasteiger partial charge on any atom is -0.348 e. The van der Waals surface area contributed by atoms with Crippen molar-refractivity contribution in [2.45, 2.75) is 24.6 Å². The second-order valence-corrected chi connectivity index (χ2v) is 6.98. The number of nitrogens with one attached hydrogen (secondary N) is 1. The minimum atomic E-state index is -0.167. The molecule has 1 heterocycles. The molecule has 0 saturated carbocycles. The van der Waals surface area contributed by atoms with Gasteiger partial charge in [0.25, 0.3) is 0 Å². The van der Waals surface area contributed by atoms with E-state index in [2.05, 4.69) is 37.0 Å². The van der Waals surface area contributed by atoms with Gasteiger partial charge < -0.3 is 5.32 Å². The molecule has 0 aliphatic carbocycles. The van der Waals surface area contributed by atoms with E-state index in [1.807, 2.05) is 36.4 Å². The van der Waals surface area contributed by atoms with Crippen LogP contribution in [0.3, 0.4) is 0 Å². The molecule has 2 aromatic rings. The number of benzodiazepines with no additional fused rings is 1. The Bertz CT molecular complexity index is 759. The number of thiol groups is 1. The molecule has 0 spiro atoms. The summed E-state index contributed by atoms with van der Waals surface area (Å²) in [5, 5.41) is 4.07. The van der Waals surface area contributed by atoms with Crippen molar-refractivity contribution in [2.24, 2.45) is 4.99 Å². The van der Waals surface area contributed by atoms with E-state index in [9.17, 15) is 0 Å². The summed E-state index contributed by atoms with van der Waals surface area (Å²) in [6.07, 6.45) is 0.887. The molecule has 23 heavy (non-hydrogen) atoms. The van der Waals surface area contributed by atoms with Crippen molar-refractivity contribution >= 4 is 52.8 Å². The highest BCUT2D eigenvalue weighted by Gasteiger charge is 2.27. The van der Waals surface area contributed by atoms with Gasteiger partial charge in [-0.25, -0.2) is 0 Å². The van der Waals surface area contributed by atoms with Crippen LogP contribution in [-0.4, -0.2) is 22.0 Å². The van der Waals surface area contributed by atoms with Crippen LogP contribution in [0.1, 0.15) is 24.5 Å². The molecule has 1 N–H and O–H groups in total. The fourth-order valence-electron chi connectivity index (χ4n) is 2.61. The van der Waals surface area contributed by atoms with Gasteiger partial charge in [0.2, 0.25) is 0 Å². The SMILES string of the molecule is CCC(S)[C@H]1N=C(c2ccccc2)c2cc(Cl)ccc2NC1=S. The Balaban J connectivity index is 2.21. The molecule has 0 amide bonds. The van der Waals surface area contributed by atoms with E-state index in [0.29, 0.717) is 10.0 Å². The smallest absolute Gasteiger partial charge is 0.113 e. The van der Waals surface area contributed by atoms with Gasteiger partial charge in [-0.3, -0.25) is 4.99 Å². The van der Waals surface area contributed by atoms with Crippen LogP contribution < -0.4 is 5.32 Å². The van der Waals surface area contributed by atoms with Crippen molar-refractivity contribution in [3.05, 3.63) is 64.7 Å². The first-order valence-electron chi connectivity index (χ1n) is 7.52. The topological polar surface area (TPSA) is 24.4 Å². The molecule has 2 nitrogen and oxygen atoms in total. The van der Waals surface area contributed by atoms with Gasteiger partial charge in [0.1, 0.15) is 11.0 Å². The van der Waals surface area contributed by atoms with Crippen molar-refractivity contribution < 1.29 is 0 Å². The Morgan fingerprint density at radius 2 is 2.00 bits per heavy atom. The van der Waals surface area contributed by atoms with Crippen molar-refractivity contribution in [3.63, 3.8) is 0 Å². The maximum atomic E-state index is 6.21. The zero-order valence-electron chi connectivity index (χ0n) is 12.7. The van der Waals surface area contributed by atoms with E-state index in [-0.39, 0.29) is 11.3 Å². The zero-order valence-corrected chi connectivity index (χ0v) is 15.1. The van der Waals surface area contributed by atoms with Crippen molar-refractivity contribution in [1.29, 1.82) is 0 Å². The number of rotatable bonds is 3. The molecule has 0 bridgehead atoms. The largest absolute Gasteiger partial charge is 0.348 e. The normalized spacial score (nSPS) is 18.5. The molecule has 0 fully saturated rings. The molecule has 2 aromatic carbocycles. The van der Waals surface area contributed by atoms with Crippen LogP contribution in [0.25, 0.3) is 0 Å². The molecule has 3 rings (SSSR count). The van der Waals surface area contributed by atoms with Gasteiger partial charge >= 0.3 is 0 Å². The first kappa shape index (κ1) is 16.5. The summed E-state index contributed by atoms with van der Waals surface area (Å²) in [6, 6.07) is 15.7. The maximum absolute atomic E-state index is 6.21. The number of aliphatic imine (C=N–C) groups is 1. The van der Waals surface area contributed by atoms with Gasteiger partial charge in [-0.2, -0.15) is 12.6 Å². The Morgan fingerprint density at radius 1 is 1.26 bits per heavy atom. The molecular weight excluding hydrogens is 344 g/mol.